The first kappa shape index (κ1) is 28.2. The molecule has 1 nitrogen and oxygen atoms in total. The average molecular weight is 665 g/mol. The van der Waals surface area contributed by atoms with E-state index < -0.39 is 14.1 Å². The normalized spacial score (nSPS) is 11.2. The van der Waals surface area contributed by atoms with Crippen LogP contribution in [0.4, 0.5) is 0 Å². The van der Waals surface area contributed by atoms with Gasteiger partial charge in [0.15, 0.2) is 0 Å². The molecule has 0 atom stereocenters. The topological polar surface area (TPSA) is 14.1 Å². The predicted molar refractivity (Wildman–Crippen MR) is 172 cm³/mol. The molecular weight excluding hydrogens is 635 g/mol. The fourth-order valence-electron chi connectivity index (χ4n) is 5.27. The van der Waals surface area contributed by atoms with Gasteiger partial charge in [0.05, 0.1) is 31.8 Å². The summed E-state index contributed by atoms with van der Waals surface area (Å²) in [6.45, 7) is 0. The van der Waals surface area contributed by atoms with E-state index in [1.165, 1.54) is 31.8 Å². The Morgan fingerprint density at radius 2 is 0.400 bits per heavy atom. The number of nitrogens with zero attached hydrogens (tertiary/aromatic N) is 1. The molecule has 0 fully saturated rings. The molecule has 4 heteroatoms. The Bertz CT molecular complexity index is 1430. The molecule has 0 radical (unpaired) electrons. The van der Waals surface area contributed by atoms with Crippen molar-refractivity contribution in [1.82, 2.24) is 4.17 Å². The molecular formula is C36H30INP2. The van der Waals surface area contributed by atoms with Crippen LogP contribution in [-0.4, -0.2) is 0 Å². The summed E-state index contributed by atoms with van der Waals surface area (Å²) in [5.74, 6) is 0. The van der Waals surface area contributed by atoms with Crippen molar-refractivity contribution in [1.29, 1.82) is 0 Å². The van der Waals surface area contributed by atoms with Crippen molar-refractivity contribution >= 4 is 45.9 Å². The highest BCUT2D eigenvalue weighted by atomic mass is 127. The molecule has 196 valence electrons. The van der Waals surface area contributed by atoms with Gasteiger partial charge in [-0.1, -0.05) is 109 Å². The number of halogens is 1. The highest BCUT2D eigenvalue weighted by Gasteiger charge is 2.44. The van der Waals surface area contributed by atoms with Gasteiger partial charge in [-0.25, -0.2) is 0 Å². The van der Waals surface area contributed by atoms with Gasteiger partial charge in [-0.05, 0) is 72.8 Å². The van der Waals surface area contributed by atoms with E-state index in [-0.39, 0.29) is 24.0 Å². The zero-order chi connectivity index (χ0) is 26.4. The van der Waals surface area contributed by atoms with Crippen LogP contribution in [0.3, 0.4) is 0 Å². The molecule has 40 heavy (non-hydrogen) atoms. The fraction of sp³-hybridized carbons (Fsp3) is 0. The second-order valence-corrected chi connectivity index (χ2v) is 15.7. The first-order valence-electron chi connectivity index (χ1n) is 13.2. The van der Waals surface area contributed by atoms with Crippen LogP contribution in [0, 0.1) is 0 Å². The third-order valence-corrected chi connectivity index (χ3v) is 15.5. The lowest BCUT2D eigenvalue weighted by Gasteiger charge is -2.20. The highest BCUT2D eigenvalue weighted by molar-refractivity contribution is 7.93. The Hall–Kier alpha value is -3.38. The molecule has 0 heterocycles. The Balaban J connectivity index is 0.00000323. The number of rotatable bonds is 6. The SMILES string of the molecule is [I-].c1ccc(P(=[N+]=P(c2ccccc2)(c2ccccc2)c2ccccc2)(c2ccccc2)c2ccccc2)cc1. The summed E-state index contributed by atoms with van der Waals surface area (Å²) in [6.07, 6.45) is 0. The Morgan fingerprint density at radius 3 is 0.550 bits per heavy atom. The molecule has 0 aliphatic heterocycles. The number of hydrogen-bond donors (Lipinski definition) is 0. The maximum absolute atomic E-state index is 6.38. The van der Waals surface area contributed by atoms with Crippen LogP contribution in [0.2, 0.25) is 0 Å². The third-order valence-electron chi connectivity index (χ3n) is 7.05. The lowest BCUT2D eigenvalue weighted by atomic mass is 10.4. The summed E-state index contributed by atoms with van der Waals surface area (Å²) >= 11 is 0. The average Bonchev–Trinajstić information content (AvgIpc) is 3.04. The van der Waals surface area contributed by atoms with E-state index in [0.29, 0.717) is 0 Å². The van der Waals surface area contributed by atoms with Gasteiger partial charge in [-0.3, -0.25) is 0 Å². The number of hydrogen-bond acceptors (Lipinski definition) is 0. The van der Waals surface area contributed by atoms with E-state index in [0.717, 1.165) is 0 Å². The van der Waals surface area contributed by atoms with E-state index >= 15 is 0 Å². The molecule has 0 amide bonds. The van der Waals surface area contributed by atoms with Crippen LogP contribution < -0.4 is 60.0 Å². The van der Waals surface area contributed by atoms with E-state index in [4.69, 9.17) is 4.17 Å². The lowest BCUT2D eigenvalue weighted by Crippen LogP contribution is -3.00. The maximum atomic E-state index is 6.38. The molecule has 0 saturated carbocycles. The molecule has 0 aliphatic carbocycles. The monoisotopic (exact) mass is 665 g/mol. The molecule has 0 aromatic heterocycles. The molecule has 0 spiro atoms. The summed E-state index contributed by atoms with van der Waals surface area (Å²) in [4.78, 5) is 0. The summed E-state index contributed by atoms with van der Waals surface area (Å²) in [6, 6.07) is 65.7. The van der Waals surface area contributed by atoms with E-state index in [9.17, 15) is 0 Å². The van der Waals surface area contributed by atoms with E-state index in [2.05, 4.69) is 182 Å². The zero-order valence-electron chi connectivity index (χ0n) is 22.0. The molecule has 0 unspecified atom stereocenters. The van der Waals surface area contributed by atoms with Gasteiger partial charge in [0.1, 0.15) is 0 Å². The maximum Gasteiger partial charge on any atom is 0.301 e. The number of benzene rings is 6. The predicted octanol–water partition coefficient (Wildman–Crippen LogP) is 3.41. The highest BCUT2D eigenvalue weighted by Crippen LogP contribution is 2.50. The fourth-order valence-corrected chi connectivity index (χ4v) is 14.8. The van der Waals surface area contributed by atoms with Crippen molar-refractivity contribution in [3.63, 3.8) is 0 Å². The van der Waals surface area contributed by atoms with Gasteiger partial charge >= 0.3 is 14.1 Å². The molecule has 0 bridgehead atoms. The first-order chi connectivity index (χ1) is 19.3. The van der Waals surface area contributed by atoms with Gasteiger partial charge in [-0.2, -0.15) is 0 Å². The molecule has 0 saturated heterocycles. The standard InChI is InChI=1S/C36H30NP2.HI/c1-7-19-31(20-8-1)38(32-21-9-2-10-22-32,33-23-11-3-12-24-33)37-39(34-25-13-4-14-26-34,35-27-15-5-16-28-35)36-29-17-6-18-30-36;/h1-30H;1H/q+1;/p-1. The smallest absolute Gasteiger partial charge is 0.301 e. The van der Waals surface area contributed by atoms with Gasteiger partial charge in [0, 0.05) is 0 Å². The first-order valence-corrected chi connectivity index (χ1v) is 16.7. The summed E-state index contributed by atoms with van der Waals surface area (Å²) < 4.78 is 6.38. The van der Waals surface area contributed by atoms with E-state index in [1.54, 1.807) is 0 Å². The van der Waals surface area contributed by atoms with Crippen LogP contribution in [-0.2, 0) is 0 Å². The van der Waals surface area contributed by atoms with Gasteiger partial charge in [-0.15, -0.1) is 4.17 Å². The van der Waals surface area contributed by atoms with Crippen molar-refractivity contribution in [2.75, 3.05) is 0 Å². The van der Waals surface area contributed by atoms with Crippen LogP contribution >= 0.6 is 14.1 Å². The van der Waals surface area contributed by atoms with Crippen molar-refractivity contribution in [2.45, 2.75) is 0 Å². The van der Waals surface area contributed by atoms with Crippen molar-refractivity contribution in [3.05, 3.63) is 182 Å². The lowest BCUT2D eigenvalue weighted by molar-refractivity contribution is -0.00000752. The van der Waals surface area contributed by atoms with Crippen molar-refractivity contribution in [3.8, 4) is 0 Å². The zero-order valence-corrected chi connectivity index (χ0v) is 26.0. The van der Waals surface area contributed by atoms with Crippen molar-refractivity contribution in [2.24, 2.45) is 0 Å². The summed E-state index contributed by atoms with van der Waals surface area (Å²) in [7, 11) is -4.99. The minimum atomic E-state index is -2.50. The van der Waals surface area contributed by atoms with Crippen LogP contribution in [0.1, 0.15) is 0 Å². The van der Waals surface area contributed by atoms with Crippen LogP contribution in [0.25, 0.3) is 0 Å². The molecule has 6 rings (SSSR count). The molecule has 0 aliphatic rings. The quantitative estimate of drug-likeness (QED) is 0.147. The Kier molecular flexibility index (Phi) is 9.05. The molecule has 6 aromatic rings. The third kappa shape index (κ3) is 5.22. The Labute approximate surface area is 254 Å². The second kappa shape index (κ2) is 12.9. The van der Waals surface area contributed by atoms with Crippen LogP contribution in [0.5, 0.6) is 0 Å². The molecule has 6 aromatic carbocycles. The second-order valence-electron chi connectivity index (χ2n) is 9.37. The van der Waals surface area contributed by atoms with Gasteiger partial charge in [0.25, 0.3) is 0 Å². The van der Waals surface area contributed by atoms with E-state index in [1.807, 2.05) is 0 Å². The minimum absolute atomic E-state index is 0. The largest absolute Gasteiger partial charge is 1.00 e. The van der Waals surface area contributed by atoms with Crippen LogP contribution in [0.15, 0.2) is 182 Å². The molecule has 0 N–H and O–H groups in total. The van der Waals surface area contributed by atoms with Gasteiger partial charge < -0.3 is 24.0 Å². The summed E-state index contributed by atoms with van der Waals surface area (Å²) in [5, 5.41) is 7.55. The Morgan fingerprint density at radius 1 is 0.250 bits per heavy atom. The summed E-state index contributed by atoms with van der Waals surface area (Å²) in [5.41, 5.74) is 0. The van der Waals surface area contributed by atoms with Crippen molar-refractivity contribution < 1.29 is 24.0 Å². The van der Waals surface area contributed by atoms with Gasteiger partial charge in [0.2, 0.25) is 0 Å². The minimum Gasteiger partial charge on any atom is -1.00 e.